The molecule has 1 N–H and O–H groups in total. The summed E-state index contributed by atoms with van der Waals surface area (Å²) in [5.74, 6) is 0.208. The monoisotopic (exact) mass is 239 g/mol. The van der Waals surface area contributed by atoms with Crippen LogP contribution in [0, 0.1) is 0 Å². The smallest absolute Gasteiger partial charge is 0.179 e. The Morgan fingerprint density at radius 3 is 2.78 bits per heavy atom. The molecule has 0 saturated carbocycles. The number of rotatable bonds is 0. The molecule has 1 heterocycles. The van der Waals surface area contributed by atoms with Crippen molar-refractivity contribution < 1.29 is 9.90 Å². The van der Waals surface area contributed by atoms with Crippen molar-refractivity contribution in [2.75, 3.05) is 0 Å². The van der Waals surface area contributed by atoms with Crippen molar-refractivity contribution in [2.24, 2.45) is 4.99 Å². The normalized spacial score (nSPS) is 19.8. The SMILES string of the molecule is CC1(C)C2=CC(=O)C=CC2=Nc2ccc(O)cc21. The third kappa shape index (κ3) is 1.44. The van der Waals surface area contributed by atoms with Crippen LogP contribution in [0.2, 0.25) is 0 Å². The molecule has 0 spiro atoms. The maximum Gasteiger partial charge on any atom is 0.179 e. The molecule has 90 valence electrons. The van der Waals surface area contributed by atoms with Crippen molar-refractivity contribution in [3.05, 3.63) is 47.6 Å². The van der Waals surface area contributed by atoms with Crippen LogP contribution >= 0.6 is 0 Å². The zero-order chi connectivity index (χ0) is 12.9. The van der Waals surface area contributed by atoms with Crippen LogP contribution in [-0.2, 0) is 10.2 Å². The molecule has 0 radical (unpaired) electrons. The van der Waals surface area contributed by atoms with Crippen LogP contribution in [0.5, 0.6) is 5.75 Å². The molecule has 1 aliphatic heterocycles. The summed E-state index contributed by atoms with van der Waals surface area (Å²) in [7, 11) is 0. The number of allylic oxidation sites excluding steroid dienone is 4. The maximum absolute atomic E-state index is 11.5. The van der Waals surface area contributed by atoms with Gasteiger partial charge in [0.1, 0.15) is 5.75 Å². The second-order valence-corrected chi connectivity index (χ2v) is 5.12. The van der Waals surface area contributed by atoms with E-state index in [4.69, 9.17) is 0 Å². The molecule has 18 heavy (non-hydrogen) atoms. The molecule has 3 rings (SSSR count). The van der Waals surface area contributed by atoms with Gasteiger partial charge in [-0.2, -0.15) is 0 Å². The van der Waals surface area contributed by atoms with Gasteiger partial charge in [0.15, 0.2) is 5.78 Å². The molecule has 0 fully saturated rings. The molecule has 0 saturated heterocycles. The van der Waals surface area contributed by atoms with E-state index in [1.54, 1.807) is 30.4 Å². The summed E-state index contributed by atoms with van der Waals surface area (Å²) in [5, 5.41) is 9.62. The zero-order valence-corrected chi connectivity index (χ0v) is 10.3. The molecule has 1 aromatic rings. The summed E-state index contributed by atoms with van der Waals surface area (Å²) in [6.07, 6.45) is 4.92. The van der Waals surface area contributed by atoms with Gasteiger partial charge in [-0.25, -0.2) is 4.99 Å². The highest BCUT2D eigenvalue weighted by Gasteiger charge is 2.35. The summed E-state index contributed by atoms with van der Waals surface area (Å²) >= 11 is 0. The topological polar surface area (TPSA) is 49.7 Å². The predicted molar refractivity (Wildman–Crippen MR) is 70.5 cm³/mol. The van der Waals surface area contributed by atoms with Gasteiger partial charge >= 0.3 is 0 Å². The Labute approximate surface area is 105 Å². The first-order valence-electron chi connectivity index (χ1n) is 5.85. The Morgan fingerprint density at radius 1 is 1.22 bits per heavy atom. The van der Waals surface area contributed by atoms with Gasteiger partial charge < -0.3 is 5.11 Å². The van der Waals surface area contributed by atoms with Crippen LogP contribution < -0.4 is 0 Å². The number of phenols is 1. The maximum atomic E-state index is 11.5. The summed E-state index contributed by atoms with van der Waals surface area (Å²) in [6.45, 7) is 4.08. The fourth-order valence-corrected chi connectivity index (χ4v) is 2.51. The lowest BCUT2D eigenvalue weighted by molar-refractivity contribution is -0.110. The fraction of sp³-hybridized carbons (Fsp3) is 0.200. The van der Waals surface area contributed by atoms with Crippen molar-refractivity contribution in [1.29, 1.82) is 0 Å². The Morgan fingerprint density at radius 2 is 2.00 bits per heavy atom. The van der Waals surface area contributed by atoms with Gasteiger partial charge in [-0.05, 0) is 47.6 Å². The van der Waals surface area contributed by atoms with Crippen LogP contribution in [0.1, 0.15) is 19.4 Å². The van der Waals surface area contributed by atoms with E-state index in [9.17, 15) is 9.90 Å². The van der Waals surface area contributed by atoms with Gasteiger partial charge in [0.25, 0.3) is 0 Å². The first-order chi connectivity index (χ1) is 8.48. The number of phenolic OH excluding ortho intramolecular Hbond substituents is 1. The summed E-state index contributed by atoms with van der Waals surface area (Å²) in [5.41, 5.74) is 3.21. The molecular formula is C15H13NO2. The Balaban J connectivity index is 2.30. The highest BCUT2D eigenvalue weighted by atomic mass is 16.3. The highest BCUT2D eigenvalue weighted by molar-refractivity contribution is 6.22. The zero-order valence-electron chi connectivity index (χ0n) is 10.3. The molecule has 3 nitrogen and oxygen atoms in total. The standard InChI is InChI=1S/C15H13NO2/c1-15(2)11-7-9(17)3-5-13(11)16-14-6-4-10(18)8-12(14)15/h3-8,17H,1-2H3. The minimum absolute atomic E-state index is 0.0133. The van der Waals surface area contributed by atoms with E-state index in [1.165, 1.54) is 6.08 Å². The number of fused-ring (bicyclic) bond motifs is 2. The van der Waals surface area contributed by atoms with Crippen molar-refractivity contribution in [1.82, 2.24) is 0 Å². The molecule has 0 atom stereocenters. The van der Waals surface area contributed by atoms with E-state index in [2.05, 4.69) is 4.99 Å². The number of aromatic hydroxyl groups is 1. The molecule has 1 aliphatic carbocycles. The number of benzene rings is 1. The quantitative estimate of drug-likeness (QED) is 0.708. The van der Waals surface area contributed by atoms with Crippen molar-refractivity contribution in [3.8, 4) is 5.75 Å². The Bertz CT molecular complexity index is 648. The van der Waals surface area contributed by atoms with E-state index in [0.717, 1.165) is 22.5 Å². The van der Waals surface area contributed by atoms with E-state index < -0.39 is 0 Å². The molecule has 0 amide bonds. The molecule has 0 aromatic heterocycles. The van der Waals surface area contributed by atoms with E-state index in [0.29, 0.717) is 0 Å². The van der Waals surface area contributed by atoms with Gasteiger partial charge in [0, 0.05) is 5.41 Å². The average molecular weight is 239 g/mol. The Kier molecular flexibility index (Phi) is 2.08. The summed E-state index contributed by atoms with van der Waals surface area (Å²) in [4.78, 5) is 16.1. The van der Waals surface area contributed by atoms with Crippen LogP contribution in [0.3, 0.4) is 0 Å². The number of ketones is 1. The van der Waals surface area contributed by atoms with Crippen LogP contribution in [-0.4, -0.2) is 16.6 Å². The minimum atomic E-state index is -0.328. The fourth-order valence-electron chi connectivity index (χ4n) is 2.51. The summed E-state index contributed by atoms with van der Waals surface area (Å²) in [6, 6.07) is 5.16. The van der Waals surface area contributed by atoms with Gasteiger partial charge in [0.05, 0.1) is 11.4 Å². The molecule has 2 aliphatic rings. The molecular weight excluding hydrogens is 226 g/mol. The average Bonchev–Trinajstić information content (AvgIpc) is 2.32. The van der Waals surface area contributed by atoms with E-state index in [1.807, 2.05) is 13.8 Å². The third-order valence-corrected chi connectivity index (χ3v) is 3.54. The molecule has 1 aromatic carbocycles. The molecule has 0 unspecified atom stereocenters. The largest absolute Gasteiger partial charge is 0.508 e. The number of hydrogen-bond acceptors (Lipinski definition) is 3. The van der Waals surface area contributed by atoms with Gasteiger partial charge in [-0.15, -0.1) is 0 Å². The molecule has 3 heteroatoms. The van der Waals surface area contributed by atoms with Crippen molar-refractivity contribution in [3.63, 3.8) is 0 Å². The second-order valence-electron chi connectivity index (χ2n) is 5.12. The first kappa shape index (κ1) is 11.0. The highest BCUT2D eigenvalue weighted by Crippen LogP contribution is 2.44. The van der Waals surface area contributed by atoms with Crippen LogP contribution in [0.15, 0.2) is 47.0 Å². The van der Waals surface area contributed by atoms with Gasteiger partial charge in [-0.1, -0.05) is 13.8 Å². The number of nitrogens with zero attached hydrogens (tertiary/aromatic N) is 1. The van der Waals surface area contributed by atoms with Crippen LogP contribution in [0.25, 0.3) is 0 Å². The van der Waals surface area contributed by atoms with Crippen LogP contribution in [0.4, 0.5) is 5.69 Å². The number of carbonyl (C=O) groups excluding carboxylic acids is 1. The minimum Gasteiger partial charge on any atom is -0.508 e. The molecule has 0 bridgehead atoms. The van der Waals surface area contributed by atoms with E-state index >= 15 is 0 Å². The number of carbonyl (C=O) groups is 1. The second kappa shape index (κ2) is 3.42. The van der Waals surface area contributed by atoms with Crippen molar-refractivity contribution in [2.45, 2.75) is 19.3 Å². The lowest BCUT2D eigenvalue weighted by atomic mass is 9.71. The predicted octanol–water partition coefficient (Wildman–Crippen LogP) is 2.82. The Hall–Kier alpha value is -2.16. The van der Waals surface area contributed by atoms with Gasteiger partial charge in [-0.3, -0.25) is 4.79 Å². The lowest BCUT2D eigenvalue weighted by Crippen LogP contribution is -2.30. The number of aliphatic imine (C=N–C) groups is 1. The van der Waals surface area contributed by atoms with Gasteiger partial charge in [0.2, 0.25) is 0 Å². The third-order valence-electron chi connectivity index (χ3n) is 3.54. The first-order valence-corrected chi connectivity index (χ1v) is 5.85. The van der Waals surface area contributed by atoms with Crippen molar-refractivity contribution >= 4 is 17.2 Å². The number of hydrogen-bond donors (Lipinski definition) is 1. The van der Waals surface area contributed by atoms with E-state index in [-0.39, 0.29) is 16.9 Å². The lowest BCUT2D eigenvalue weighted by Gasteiger charge is -2.34. The summed E-state index contributed by atoms with van der Waals surface area (Å²) < 4.78 is 0.